The predicted molar refractivity (Wildman–Crippen MR) is 83.9 cm³/mol. The Bertz CT molecular complexity index is 538. The van der Waals surface area contributed by atoms with Gasteiger partial charge in [-0.25, -0.2) is 0 Å². The summed E-state index contributed by atoms with van der Waals surface area (Å²) in [6, 6.07) is 7.84. The summed E-state index contributed by atoms with van der Waals surface area (Å²) in [4.78, 5) is 23.8. The van der Waals surface area contributed by atoms with Crippen molar-refractivity contribution in [3.63, 3.8) is 0 Å². The van der Waals surface area contributed by atoms with E-state index < -0.39 is 5.41 Å². The van der Waals surface area contributed by atoms with Crippen LogP contribution in [0.3, 0.4) is 0 Å². The lowest BCUT2D eigenvalue weighted by Crippen LogP contribution is -2.36. The summed E-state index contributed by atoms with van der Waals surface area (Å²) in [5, 5.41) is 2.85. The van der Waals surface area contributed by atoms with E-state index in [1.54, 1.807) is 0 Å². The highest BCUT2D eigenvalue weighted by Crippen LogP contribution is 2.48. The molecule has 1 saturated carbocycles. The van der Waals surface area contributed by atoms with Crippen LogP contribution in [0.1, 0.15) is 38.7 Å². The Hall–Kier alpha value is -1.36. The lowest BCUT2D eigenvalue weighted by atomic mass is 9.95. The molecule has 0 spiro atoms. The Labute approximate surface area is 133 Å². The Kier molecular flexibility index (Phi) is 5.04. The number of carbonyl (C=O) groups excluding carboxylic acids is 2. The molecule has 1 aliphatic carbocycles. The van der Waals surface area contributed by atoms with Gasteiger partial charge in [0.2, 0.25) is 5.91 Å². The van der Waals surface area contributed by atoms with Crippen molar-refractivity contribution >= 4 is 27.8 Å². The van der Waals surface area contributed by atoms with Crippen LogP contribution in [0.25, 0.3) is 0 Å². The molecule has 1 aliphatic rings. The minimum atomic E-state index is -0.411. The van der Waals surface area contributed by atoms with Gasteiger partial charge in [0.15, 0.2) is 0 Å². The number of ether oxygens (including phenoxy) is 1. The second kappa shape index (κ2) is 6.60. The zero-order valence-electron chi connectivity index (χ0n) is 12.3. The predicted octanol–water partition coefficient (Wildman–Crippen LogP) is 2.94. The molecular formula is C16H20BrNO3. The Morgan fingerprint density at radius 2 is 2.10 bits per heavy atom. The van der Waals surface area contributed by atoms with Crippen molar-refractivity contribution in [1.82, 2.24) is 5.32 Å². The summed E-state index contributed by atoms with van der Waals surface area (Å²) >= 11 is 3.43. The van der Waals surface area contributed by atoms with Crippen molar-refractivity contribution in [2.45, 2.75) is 44.6 Å². The molecule has 1 aromatic carbocycles. The van der Waals surface area contributed by atoms with Crippen molar-refractivity contribution in [1.29, 1.82) is 0 Å². The van der Waals surface area contributed by atoms with Crippen molar-refractivity contribution in [3.8, 4) is 0 Å². The number of rotatable bonds is 6. The molecule has 21 heavy (non-hydrogen) atoms. The van der Waals surface area contributed by atoms with Gasteiger partial charge in [0.1, 0.15) is 0 Å². The van der Waals surface area contributed by atoms with Gasteiger partial charge in [-0.05, 0) is 44.4 Å². The van der Waals surface area contributed by atoms with Crippen molar-refractivity contribution in [3.05, 3.63) is 34.3 Å². The minimum absolute atomic E-state index is 0.00190. The van der Waals surface area contributed by atoms with Gasteiger partial charge in [0.25, 0.3) is 0 Å². The molecule has 0 unspecified atom stereocenters. The topological polar surface area (TPSA) is 55.4 Å². The highest BCUT2D eigenvalue weighted by molar-refractivity contribution is 9.10. The van der Waals surface area contributed by atoms with E-state index in [4.69, 9.17) is 4.74 Å². The number of hydrogen-bond donors (Lipinski definition) is 1. The second-order valence-corrected chi connectivity index (χ2v) is 6.55. The van der Waals surface area contributed by atoms with E-state index in [1.807, 2.05) is 38.1 Å². The maximum Gasteiger partial charge on any atom is 0.307 e. The number of hydrogen-bond acceptors (Lipinski definition) is 3. The van der Waals surface area contributed by atoms with Gasteiger partial charge in [0.05, 0.1) is 17.9 Å². The molecule has 1 aromatic rings. The Morgan fingerprint density at radius 3 is 2.67 bits per heavy atom. The van der Waals surface area contributed by atoms with Crippen LogP contribution in [-0.4, -0.2) is 24.5 Å². The number of amides is 1. The van der Waals surface area contributed by atoms with Gasteiger partial charge >= 0.3 is 5.97 Å². The normalized spacial score (nSPS) is 15.6. The second-order valence-electron chi connectivity index (χ2n) is 5.64. The van der Waals surface area contributed by atoms with E-state index in [0.29, 0.717) is 6.54 Å². The molecule has 2 rings (SSSR count). The molecule has 0 bridgehead atoms. The van der Waals surface area contributed by atoms with Crippen LogP contribution < -0.4 is 5.32 Å². The summed E-state index contributed by atoms with van der Waals surface area (Å²) in [5.74, 6) is -0.282. The van der Waals surface area contributed by atoms with Gasteiger partial charge < -0.3 is 10.1 Å². The smallest absolute Gasteiger partial charge is 0.307 e. The van der Waals surface area contributed by atoms with E-state index in [0.717, 1.165) is 22.9 Å². The van der Waals surface area contributed by atoms with Gasteiger partial charge in [0, 0.05) is 11.0 Å². The summed E-state index contributed by atoms with van der Waals surface area (Å²) in [7, 11) is 0. The summed E-state index contributed by atoms with van der Waals surface area (Å²) in [6.45, 7) is 3.94. The van der Waals surface area contributed by atoms with Gasteiger partial charge in [-0.15, -0.1) is 0 Å². The van der Waals surface area contributed by atoms with Crippen LogP contribution in [-0.2, 0) is 19.7 Å². The summed E-state index contributed by atoms with van der Waals surface area (Å²) in [6.07, 6.45) is 1.79. The lowest BCUT2D eigenvalue weighted by molar-refractivity contribution is -0.147. The molecule has 1 amide bonds. The molecule has 0 heterocycles. The first kappa shape index (κ1) is 16.0. The third-order valence-electron chi connectivity index (χ3n) is 3.54. The third kappa shape index (κ3) is 4.06. The highest BCUT2D eigenvalue weighted by Gasteiger charge is 2.51. The molecule has 0 radical (unpaired) electrons. The van der Waals surface area contributed by atoms with Crippen molar-refractivity contribution < 1.29 is 14.3 Å². The first-order chi connectivity index (χ1) is 9.94. The van der Waals surface area contributed by atoms with Gasteiger partial charge in [-0.2, -0.15) is 0 Å². The number of nitrogens with one attached hydrogen (secondary N) is 1. The summed E-state index contributed by atoms with van der Waals surface area (Å²) < 4.78 is 6.01. The van der Waals surface area contributed by atoms with E-state index in [-0.39, 0.29) is 24.4 Å². The SMILES string of the molecule is CC(C)OC(=O)CCNC(=O)C1(c2cccc(Br)c2)CC1. The highest BCUT2D eigenvalue weighted by atomic mass is 79.9. The zero-order valence-corrected chi connectivity index (χ0v) is 13.9. The van der Waals surface area contributed by atoms with E-state index in [1.165, 1.54) is 0 Å². The van der Waals surface area contributed by atoms with Crippen LogP contribution in [0.2, 0.25) is 0 Å². The average Bonchev–Trinajstić information content (AvgIpc) is 3.19. The zero-order chi connectivity index (χ0) is 15.5. The fourth-order valence-electron chi connectivity index (χ4n) is 2.33. The van der Waals surface area contributed by atoms with Crippen LogP contribution in [0.4, 0.5) is 0 Å². The van der Waals surface area contributed by atoms with Crippen LogP contribution in [0.5, 0.6) is 0 Å². The average molecular weight is 354 g/mol. The third-order valence-corrected chi connectivity index (χ3v) is 4.04. The van der Waals surface area contributed by atoms with Crippen molar-refractivity contribution in [2.75, 3.05) is 6.54 Å². The summed E-state index contributed by atoms with van der Waals surface area (Å²) in [5.41, 5.74) is 0.616. The molecule has 0 atom stereocenters. The van der Waals surface area contributed by atoms with Crippen LogP contribution in [0.15, 0.2) is 28.7 Å². The molecule has 0 saturated heterocycles. The quantitative estimate of drug-likeness (QED) is 0.800. The first-order valence-electron chi connectivity index (χ1n) is 7.18. The molecule has 4 nitrogen and oxygen atoms in total. The molecular weight excluding hydrogens is 334 g/mol. The maximum absolute atomic E-state index is 12.4. The fourth-order valence-corrected chi connectivity index (χ4v) is 2.73. The maximum atomic E-state index is 12.4. The minimum Gasteiger partial charge on any atom is -0.463 e. The van der Waals surface area contributed by atoms with E-state index >= 15 is 0 Å². The van der Waals surface area contributed by atoms with E-state index in [2.05, 4.69) is 21.2 Å². The number of halogens is 1. The largest absolute Gasteiger partial charge is 0.463 e. The first-order valence-corrected chi connectivity index (χ1v) is 7.97. The van der Waals surface area contributed by atoms with Crippen molar-refractivity contribution in [2.24, 2.45) is 0 Å². The molecule has 1 fully saturated rings. The Morgan fingerprint density at radius 1 is 1.38 bits per heavy atom. The molecule has 1 N–H and O–H groups in total. The molecule has 0 aliphatic heterocycles. The fraction of sp³-hybridized carbons (Fsp3) is 0.500. The number of carbonyl (C=O) groups is 2. The standard InChI is InChI=1S/C16H20BrNO3/c1-11(2)21-14(19)6-9-18-15(20)16(7-8-16)12-4-3-5-13(17)10-12/h3-5,10-11H,6-9H2,1-2H3,(H,18,20). The molecule has 114 valence electrons. The monoisotopic (exact) mass is 353 g/mol. The van der Waals surface area contributed by atoms with Crippen LogP contribution in [0, 0.1) is 0 Å². The number of esters is 1. The molecule has 0 aromatic heterocycles. The number of benzene rings is 1. The lowest BCUT2D eigenvalue weighted by Gasteiger charge is -2.16. The van der Waals surface area contributed by atoms with E-state index in [9.17, 15) is 9.59 Å². The van der Waals surface area contributed by atoms with Gasteiger partial charge in [-0.1, -0.05) is 28.1 Å². The molecule has 5 heteroatoms. The van der Waals surface area contributed by atoms with Crippen LogP contribution >= 0.6 is 15.9 Å². The van der Waals surface area contributed by atoms with Gasteiger partial charge in [-0.3, -0.25) is 9.59 Å². The Balaban J connectivity index is 1.88.